The summed E-state index contributed by atoms with van der Waals surface area (Å²) < 4.78 is 0. The molecule has 3 nitrogen and oxygen atoms in total. The highest BCUT2D eigenvalue weighted by Gasteiger charge is 2.29. The smallest absolute Gasteiger partial charge is 0.320 e. The summed E-state index contributed by atoms with van der Waals surface area (Å²) in [5.74, 6) is -0.691. The molecule has 1 N–H and O–H groups in total. The van der Waals surface area contributed by atoms with E-state index in [0.717, 1.165) is 25.9 Å². The number of hydrogen-bond acceptors (Lipinski definition) is 2. The van der Waals surface area contributed by atoms with Gasteiger partial charge in [-0.15, -0.1) is 0 Å². The van der Waals surface area contributed by atoms with E-state index in [4.69, 9.17) is 5.11 Å². The average molecular weight is 205 g/mol. The molecule has 1 aromatic carbocycles. The standard InChI is InChI=1S/C12H15NO2/c14-12(15)11-7-4-8-13(11)9-10-5-2-1-3-6-10/h1-3,5-6,11H,4,7-9H2,(H,14,15)/t11-/m0/s1. The number of carboxylic acids is 1. The summed E-state index contributed by atoms with van der Waals surface area (Å²) in [6, 6.07) is 9.74. The number of benzene rings is 1. The summed E-state index contributed by atoms with van der Waals surface area (Å²) >= 11 is 0. The Bertz CT molecular complexity index is 337. The molecule has 0 amide bonds. The number of hydrogen-bond donors (Lipinski definition) is 1. The Morgan fingerprint density at radius 3 is 2.80 bits per heavy atom. The maximum absolute atomic E-state index is 11.0. The fourth-order valence-electron chi connectivity index (χ4n) is 2.11. The molecule has 1 fully saturated rings. The van der Waals surface area contributed by atoms with Crippen molar-refractivity contribution in [2.75, 3.05) is 6.54 Å². The molecule has 0 radical (unpaired) electrons. The molecule has 2 rings (SSSR count). The van der Waals surface area contributed by atoms with E-state index in [1.54, 1.807) is 0 Å². The van der Waals surface area contributed by atoms with Gasteiger partial charge in [-0.3, -0.25) is 9.69 Å². The molecule has 1 atom stereocenters. The first-order valence-corrected chi connectivity index (χ1v) is 5.28. The molecule has 0 unspecified atom stereocenters. The molecule has 15 heavy (non-hydrogen) atoms. The van der Waals surface area contributed by atoms with Crippen molar-refractivity contribution in [3.63, 3.8) is 0 Å². The number of carbonyl (C=O) groups is 1. The van der Waals surface area contributed by atoms with Gasteiger partial charge in [0, 0.05) is 6.54 Å². The molecule has 1 aromatic rings. The molecule has 1 aliphatic rings. The number of rotatable bonds is 3. The Hall–Kier alpha value is -1.35. The lowest BCUT2D eigenvalue weighted by molar-refractivity contribution is -0.142. The minimum Gasteiger partial charge on any atom is -0.480 e. The van der Waals surface area contributed by atoms with E-state index in [-0.39, 0.29) is 6.04 Å². The van der Waals surface area contributed by atoms with Gasteiger partial charge in [-0.25, -0.2) is 0 Å². The van der Waals surface area contributed by atoms with E-state index in [1.165, 1.54) is 5.56 Å². The Balaban J connectivity index is 2.03. The summed E-state index contributed by atoms with van der Waals surface area (Å²) in [6.45, 7) is 1.64. The maximum atomic E-state index is 11.0. The van der Waals surface area contributed by atoms with Gasteiger partial charge < -0.3 is 5.11 Å². The lowest BCUT2D eigenvalue weighted by Crippen LogP contribution is -2.35. The fourth-order valence-corrected chi connectivity index (χ4v) is 2.11. The number of aliphatic carboxylic acids is 1. The zero-order valence-electron chi connectivity index (χ0n) is 8.60. The second-order valence-electron chi connectivity index (χ2n) is 3.95. The predicted octanol–water partition coefficient (Wildman–Crippen LogP) is 1.74. The molecule has 1 aliphatic heterocycles. The first kappa shape index (κ1) is 10.2. The molecule has 0 spiro atoms. The van der Waals surface area contributed by atoms with E-state index in [2.05, 4.69) is 0 Å². The lowest BCUT2D eigenvalue weighted by atomic mass is 10.2. The van der Waals surface area contributed by atoms with Crippen LogP contribution in [0.25, 0.3) is 0 Å². The molecule has 3 heteroatoms. The zero-order chi connectivity index (χ0) is 10.7. The number of carboxylic acid groups (broad SMARTS) is 1. The van der Waals surface area contributed by atoms with Crippen LogP contribution in [0.3, 0.4) is 0 Å². The van der Waals surface area contributed by atoms with Crippen LogP contribution in [0.5, 0.6) is 0 Å². The van der Waals surface area contributed by atoms with Crippen LogP contribution in [0.15, 0.2) is 30.3 Å². The molecule has 0 aromatic heterocycles. The van der Waals surface area contributed by atoms with E-state index in [9.17, 15) is 4.79 Å². The van der Waals surface area contributed by atoms with Crippen molar-refractivity contribution >= 4 is 5.97 Å². The Morgan fingerprint density at radius 1 is 1.40 bits per heavy atom. The summed E-state index contributed by atoms with van der Waals surface area (Å²) in [5, 5.41) is 9.02. The van der Waals surface area contributed by atoms with Gasteiger partial charge in [-0.2, -0.15) is 0 Å². The van der Waals surface area contributed by atoms with Crippen LogP contribution >= 0.6 is 0 Å². The van der Waals surface area contributed by atoms with Gasteiger partial charge in [0.15, 0.2) is 0 Å². The maximum Gasteiger partial charge on any atom is 0.320 e. The minimum absolute atomic E-state index is 0.287. The van der Waals surface area contributed by atoms with E-state index in [1.807, 2.05) is 35.2 Å². The molecule has 1 saturated heterocycles. The highest BCUT2D eigenvalue weighted by molar-refractivity contribution is 5.73. The Morgan fingerprint density at radius 2 is 2.13 bits per heavy atom. The van der Waals surface area contributed by atoms with Crippen molar-refractivity contribution in [2.24, 2.45) is 0 Å². The predicted molar refractivity (Wildman–Crippen MR) is 57.5 cm³/mol. The van der Waals surface area contributed by atoms with Gasteiger partial charge in [-0.05, 0) is 24.9 Å². The molecule has 0 bridgehead atoms. The van der Waals surface area contributed by atoms with Crippen LogP contribution < -0.4 is 0 Å². The summed E-state index contributed by atoms with van der Waals surface area (Å²) in [4.78, 5) is 13.0. The van der Waals surface area contributed by atoms with Crippen LogP contribution in [-0.4, -0.2) is 28.6 Å². The zero-order valence-corrected chi connectivity index (χ0v) is 8.60. The van der Waals surface area contributed by atoms with Crippen molar-refractivity contribution in [3.8, 4) is 0 Å². The van der Waals surface area contributed by atoms with Gasteiger partial charge in [-0.1, -0.05) is 30.3 Å². The third-order valence-corrected chi connectivity index (χ3v) is 2.88. The summed E-state index contributed by atoms with van der Waals surface area (Å²) in [6.07, 6.45) is 1.77. The molecule has 80 valence electrons. The van der Waals surface area contributed by atoms with Crippen molar-refractivity contribution in [3.05, 3.63) is 35.9 Å². The normalized spacial score (nSPS) is 21.7. The average Bonchev–Trinajstić information content (AvgIpc) is 2.67. The first-order valence-electron chi connectivity index (χ1n) is 5.28. The van der Waals surface area contributed by atoms with Crippen LogP contribution in [0, 0.1) is 0 Å². The van der Waals surface area contributed by atoms with Gasteiger partial charge in [0.25, 0.3) is 0 Å². The van der Waals surface area contributed by atoms with E-state index < -0.39 is 5.97 Å². The summed E-state index contributed by atoms with van der Waals surface area (Å²) in [7, 11) is 0. The molecule has 1 heterocycles. The highest BCUT2D eigenvalue weighted by Crippen LogP contribution is 2.19. The van der Waals surface area contributed by atoms with Crippen molar-refractivity contribution < 1.29 is 9.90 Å². The number of nitrogens with zero attached hydrogens (tertiary/aromatic N) is 1. The second kappa shape index (κ2) is 4.45. The monoisotopic (exact) mass is 205 g/mol. The van der Waals surface area contributed by atoms with Crippen LogP contribution in [0.1, 0.15) is 18.4 Å². The van der Waals surface area contributed by atoms with E-state index >= 15 is 0 Å². The quantitative estimate of drug-likeness (QED) is 0.817. The molecule has 0 aliphatic carbocycles. The highest BCUT2D eigenvalue weighted by atomic mass is 16.4. The third kappa shape index (κ3) is 2.36. The van der Waals surface area contributed by atoms with Gasteiger partial charge in [0.2, 0.25) is 0 Å². The Kier molecular flexibility index (Phi) is 3.02. The number of likely N-dealkylation sites (tertiary alicyclic amines) is 1. The molecular formula is C12H15NO2. The lowest BCUT2D eigenvalue weighted by Gasteiger charge is -2.20. The molecular weight excluding hydrogens is 190 g/mol. The van der Waals surface area contributed by atoms with E-state index in [0.29, 0.717) is 0 Å². The Labute approximate surface area is 89.3 Å². The van der Waals surface area contributed by atoms with Crippen molar-refractivity contribution in [1.82, 2.24) is 4.90 Å². The second-order valence-corrected chi connectivity index (χ2v) is 3.95. The van der Waals surface area contributed by atoms with Crippen LogP contribution in [0.4, 0.5) is 0 Å². The first-order chi connectivity index (χ1) is 7.27. The van der Waals surface area contributed by atoms with Crippen molar-refractivity contribution in [1.29, 1.82) is 0 Å². The molecule has 0 saturated carbocycles. The SMILES string of the molecule is O=C(O)[C@@H]1CCCN1Cc1ccccc1. The fraction of sp³-hybridized carbons (Fsp3) is 0.417. The third-order valence-electron chi connectivity index (χ3n) is 2.88. The van der Waals surface area contributed by atoms with Gasteiger partial charge >= 0.3 is 5.97 Å². The van der Waals surface area contributed by atoms with Gasteiger partial charge in [0.1, 0.15) is 6.04 Å². The van der Waals surface area contributed by atoms with Crippen molar-refractivity contribution in [2.45, 2.75) is 25.4 Å². The van der Waals surface area contributed by atoms with Crippen LogP contribution in [-0.2, 0) is 11.3 Å². The van der Waals surface area contributed by atoms with Crippen LogP contribution in [0.2, 0.25) is 0 Å². The minimum atomic E-state index is -0.691. The topological polar surface area (TPSA) is 40.5 Å². The van der Waals surface area contributed by atoms with Gasteiger partial charge in [0.05, 0.1) is 0 Å². The summed E-state index contributed by atoms with van der Waals surface area (Å²) in [5.41, 5.74) is 1.19. The largest absolute Gasteiger partial charge is 0.480 e.